The molecule has 0 radical (unpaired) electrons. The van der Waals surface area contributed by atoms with Crippen LogP contribution in [0.5, 0.6) is 0 Å². The molecule has 0 spiro atoms. The maximum atomic E-state index is 13.9. The van der Waals surface area contributed by atoms with Crippen LogP contribution in [-0.2, 0) is 19.1 Å². The number of fused-ring (bicyclic) bond motifs is 4. The molecule has 0 aromatic heterocycles. The van der Waals surface area contributed by atoms with Gasteiger partial charge in [-0.25, -0.2) is 0 Å². The Labute approximate surface area is 250 Å². The number of carbonyl (C=O) groups excluding carboxylic acids is 3. The van der Waals surface area contributed by atoms with E-state index in [-0.39, 0.29) is 30.0 Å². The Morgan fingerprint density at radius 1 is 1.07 bits per heavy atom. The lowest BCUT2D eigenvalue weighted by atomic mass is 9.48. The number of halogens is 3. The van der Waals surface area contributed by atoms with Gasteiger partial charge in [0.2, 0.25) is 0 Å². The topological polar surface area (TPSA) is 63.7 Å². The molecule has 5 atom stereocenters. The molecule has 6 rings (SSSR count). The molecule has 4 aliphatic carbocycles. The van der Waals surface area contributed by atoms with Gasteiger partial charge in [0.05, 0.1) is 5.41 Å². The number of hydrogen-bond donors (Lipinski definition) is 0. The molecule has 1 saturated heterocycles. The molecule has 0 amide bonds. The van der Waals surface area contributed by atoms with Gasteiger partial charge in [0, 0.05) is 44.0 Å². The van der Waals surface area contributed by atoms with E-state index in [0.29, 0.717) is 25.7 Å². The number of benzene rings is 1. The van der Waals surface area contributed by atoms with Crippen molar-refractivity contribution in [2.45, 2.75) is 83.7 Å². The maximum Gasteiger partial charge on any atom is 0.457 e. The van der Waals surface area contributed by atoms with Crippen LogP contribution in [-0.4, -0.2) is 43.4 Å². The fourth-order valence-electron chi connectivity index (χ4n) is 9.08. The van der Waals surface area contributed by atoms with Crippen LogP contribution in [0.25, 0.3) is 0 Å². The molecule has 8 heteroatoms. The van der Waals surface area contributed by atoms with Gasteiger partial charge in [-0.15, -0.1) is 0 Å². The highest BCUT2D eigenvalue weighted by molar-refractivity contribution is 5.93. The lowest BCUT2D eigenvalue weighted by Gasteiger charge is -2.54. The number of carbonyl (C=O) groups is 3. The molecule has 228 valence electrons. The second kappa shape index (κ2) is 11.0. The van der Waals surface area contributed by atoms with E-state index < -0.39 is 35.4 Å². The first-order valence-electron chi connectivity index (χ1n) is 15.5. The van der Waals surface area contributed by atoms with Crippen LogP contribution in [0, 0.1) is 34.5 Å². The average molecular weight is 594 g/mol. The van der Waals surface area contributed by atoms with Crippen LogP contribution in [0.15, 0.2) is 47.1 Å². The van der Waals surface area contributed by atoms with E-state index in [1.807, 2.05) is 6.92 Å². The monoisotopic (exact) mass is 593 g/mol. The van der Waals surface area contributed by atoms with E-state index in [1.165, 1.54) is 24.0 Å². The molecular weight excluding hydrogens is 555 g/mol. The summed E-state index contributed by atoms with van der Waals surface area (Å²) in [6, 6.07) is 8.54. The van der Waals surface area contributed by atoms with Gasteiger partial charge < -0.3 is 9.64 Å². The molecular formula is C35H38F3NO4. The number of esters is 1. The van der Waals surface area contributed by atoms with E-state index in [9.17, 15) is 27.6 Å². The molecule has 0 N–H and O–H groups in total. The highest BCUT2D eigenvalue weighted by Gasteiger charge is 2.65. The van der Waals surface area contributed by atoms with Crippen molar-refractivity contribution < 1.29 is 32.3 Å². The Hall–Kier alpha value is -3.34. The predicted octanol–water partition coefficient (Wildman–Crippen LogP) is 6.87. The van der Waals surface area contributed by atoms with Gasteiger partial charge in [0.1, 0.15) is 0 Å². The van der Waals surface area contributed by atoms with Crippen molar-refractivity contribution in [3.8, 4) is 11.8 Å². The quantitative estimate of drug-likeness (QED) is 0.276. The summed E-state index contributed by atoms with van der Waals surface area (Å²) in [5, 5.41) is 0. The minimum Gasteiger partial charge on any atom is -0.458 e. The molecule has 2 saturated carbocycles. The van der Waals surface area contributed by atoms with Gasteiger partial charge in [-0.1, -0.05) is 30.6 Å². The number of Topliss-reactive ketones (excluding diaryl/α,β-unsaturated/α-hetero) is 1. The van der Waals surface area contributed by atoms with Crippen molar-refractivity contribution in [2.24, 2.45) is 22.7 Å². The maximum absolute atomic E-state index is 13.9. The number of ether oxygens (including phenoxy) is 1. The first-order chi connectivity index (χ1) is 20.4. The second-order valence-corrected chi connectivity index (χ2v) is 13.2. The van der Waals surface area contributed by atoms with Crippen molar-refractivity contribution in [1.29, 1.82) is 0 Å². The first-order valence-corrected chi connectivity index (χ1v) is 15.5. The average Bonchev–Trinajstić information content (AvgIpc) is 3.61. The first kappa shape index (κ1) is 29.7. The Morgan fingerprint density at radius 2 is 1.79 bits per heavy atom. The summed E-state index contributed by atoms with van der Waals surface area (Å²) in [5.74, 6) is 2.77. The summed E-state index contributed by atoms with van der Waals surface area (Å²) in [7, 11) is 0. The Kier molecular flexibility index (Phi) is 7.59. The van der Waals surface area contributed by atoms with Crippen LogP contribution in [0.1, 0.15) is 83.1 Å². The van der Waals surface area contributed by atoms with E-state index in [2.05, 4.69) is 35.1 Å². The van der Waals surface area contributed by atoms with Crippen LogP contribution in [0.4, 0.5) is 18.9 Å². The summed E-state index contributed by atoms with van der Waals surface area (Å²) < 4.78 is 45.8. The number of rotatable bonds is 5. The molecule has 3 fully saturated rings. The number of alkyl halides is 3. The lowest BCUT2D eigenvalue weighted by molar-refractivity contribution is -0.150. The standard InChI is InChI=1S/C35H38F3NO4/c1-22(40)43-21-31(42)34(15-16-35(36,37)38)14-13-30-28-11-7-24-19-26(41)10-12-27(24)32(28)29(20-33(30,34)2)23-5-8-25(9-6-23)39-17-3-4-18-39/h5-6,8-9,19,28-30H,3-4,7,10-14,17-18,20-21H2,1-2H3/t28-,29+,30-,33-,34-/m0/s1. The molecule has 5 nitrogen and oxygen atoms in total. The zero-order valence-electron chi connectivity index (χ0n) is 24.8. The van der Waals surface area contributed by atoms with Gasteiger partial charge in [0.25, 0.3) is 0 Å². The van der Waals surface area contributed by atoms with Crippen molar-refractivity contribution >= 4 is 23.2 Å². The van der Waals surface area contributed by atoms with Crippen LogP contribution >= 0.6 is 0 Å². The fourth-order valence-corrected chi connectivity index (χ4v) is 9.08. The third kappa shape index (κ3) is 5.23. The Balaban J connectivity index is 1.48. The number of allylic oxidation sites excluding steroid dienone is 4. The predicted molar refractivity (Wildman–Crippen MR) is 156 cm³/mol. The minimum atomic E-state index is -4.76. The number of anilines is 1. The van der Waals surface area contributed by atoms with Gasteiger partial charge in [0.15, 0.2) is 18.2 Å². The summed E-state index contributed by atoms with van der Waals surface area (Å²) >= 11 is 0. The van der Waals surface area contributed by atoms with Crippen molar-refractivity contribution in [2.75, 3.05) is 24.6 Å². The second-order valence-electron chi connectivity index (χ2n) is 13.2. The summed E-state index contributed by atoms with van der Waals surface area (Å²) in [6.07, 6.45) is 3.23. The number of hydrogen-bond acceptors (Lipinski definition) is 5. The Morgan fingerprint density at radius 3 is 2.47 bits per heavy atom. The third-order valence-corrected chi connectivity index (χ3v) is 11.0. The molecule has 0 unspecified atom stereocenters. The Bertz CT molecular complexity index is 1460. The molecule has 0 bridgehead atoms. The van der Waals surface area contributed by atoms with E-state index in [1.54, 1.807) is 6.08 Å². The van der Waals surface area contributed by atoms with Gasteiger partial charge in [-0.3, -0.25) is 14.4 Å². The summed E-state index contributed by atoms with van der Waals surface area (Å²) in [6.45, 7) is 4.58. The highest BCUT2D eigenvalue weighted by atomic mass is 19.4. The van der Waals surface area contributed by atoms with Crippen molar-refractivity contribution in [3.63, 3.8) is 0 Å². The minimum absolute atomic E-state index is 0.0573. The van der Waals surface area contributed by atoms with E-state index >= 15 is 0 Å². The van der Waals surface area contributed by atoms with Gasteiger partial charge >= 0.3 is 12.1 Å². The van der Waals surface area contributed by atoms with E-state index in [0.717, 1.165) is 55.6 Å². The largest absolute Gasteiger partial charge is 0.458 e. The van der Waals surface area contributed by atoms with Crippen molar-refractivity contribution in [1.82, 2.24) is 0 Å². The summed E-state index contributed by atoms with van der Waals surface area (Å²) in [4.78, 5) is 40.2. The van der Waals surface area contributed by atoms with Crippen LogP contribution < -0.4 is 4.90 Å². The smallest absolute Gasteiger partial charge is 0.457 e. The summed E-state index contributed by atoms with van der Waals surface area (Å²) in [5.41, 5.74) is 3.39. The van der Waals surface area contributed by atoms with Gasteiger partial charge in [-0.2, -0.15) is 13.2 Å². The molecule has 1 aliphatic heterocycles. The SMILES string of the molecule is CC(=O)OCC(=O)[C@@]1(C#CC(F)(F)F)CC[C@H]2[C@@H]3CCC4=CC(=O)CCC4=C3[C@@H](c3ccc(N4CCCC4)cc3)C[C@@]21C. The third-order valence-electron chi connectivity index (χ3n) is 11.0. The van der Waals surface area contributed by atoms with Crippen LogP contribution in [0.2, 0.25) is 0 Å². The fraction of sp³-hybridized carbons (Fsp3) is 0.571. The normalized spacial score (nSPS) is 31.8. The zero-order chi connectivity index (χ0) is 30.6. The highest BCUT2D eigenvalue weighted by Crippen LogP contribution is 2.69. The molecule has 1 heterocycles. The molecule has 1 aromatic carbocycles. The lowest BCUT2D eigenvalue weighted by Crippen LogP contribution is -2.51. The number of ketones is 2. The van der Waals surface area contributed by atoms with Crippen LogP contribution in [0.3, 0.4) is 0 Å². The number of nitrogens with zero attached hydrogens (tertiary/aromatic N) is 1. The molecule has 43 heavy (non-hydrogen) atoms. The van der Waals surface area contributed by atoms with E-state index in [4.69, 9.17) is 4.74 Å². The zero-order valence-corrected chi connectivity index (χ0v) is 24.8. The molecule has 1 aromatic rings. The van der Waals surface area contributed by atoms with Gasteiger partial charge in [-0.05, 0) is 104 Å². The van der Waals surface area contributed by atoms with Crippen molar-refractivity contribution in [3.05, 3.63) is 52.6 Å². The molecule has 5 aliphatic rings.